The molecular weight excluding hydrogens is 364 g/mol. The second kappa shape index (κ2) is 8.52. The molecule has 28 heavy (non-hydrogen) atoms. The number of hydrogen-bond acceptors (Lipinski definition) is 8. The van der Waals surface area contributed by atoms with Crippen molar-refractivity contribution in [2.45, 2.75) is 57.6 Å². The number of fused-ring (bicyclic) bond motifs is 1. The summed E-state index contributed by atoms with van der Waals surface area (Å²) >= 11 is 0. The Morgan fingerprint density at radius 3 is 2.89 bits per heavy atom. The maximum absolute atomic E-state index is 11.1. The van der Waals surface area contributed by atoms with Crippen LogP contribution in [-0.4, -0.2) is 60.5 Å². The molecule has 4 atom stereocenters. The molecule has 0 aliphatic carbocycles. The van der Waals surface area contributed by atoms with Gasteiger partial charge in [-0.15, -0.1) is 0 Å². The number of nitrogens with one attached hydrogen (secondary N) is 1. The van der Waals surface area contributed by atoms with Crippen LogP contribution in [0.1, 0.15) is 45.2 Å². The van der Waals surface area contributed by atoms with E-state index in [9.17, 15) is 15.0 Å². The lowest BCUT2D eigenvalue weighted by atomic mass is 10.1. The van der Waals surface area contributed by atoms with E-state index in [1.54, 1.807) is 0 Å². The summed E-state index contributed by atoms with van der Waals surface area (Å²) in [4.78, 5) is 23.8. The minimum absolute atomic E-state index is 0.0714. The van der Waals surface area contributed by atoms with Gasteiger partial charge in [-0.25, -0.2) is 15.0 Å². The summed E-state index contributed by atoms with van der Waals surface area (Å²) in [5, 5.41) is 23.2. The first-order valence-corrected chi connectivity index (χ1v) is 9.17. The van der Waals surface area contributed by atoms with Crippen LogP contribution in [0, 0.1) is 11.8 Å². The Hall–Kier alpha value is -2.74. The van der Waals surface area contributed by atoms with Crippen molar-refractivity contribution in [2.24, 2.45) is 0 Å². The summed E-state index contributed by atoms with van der Waals surface area (Å²) in [7, 11) is 0. The number of hydrogen-bond donors (Lipinski definition) is 4. The molecule has 0 saturated carbocycles. The first kappa shape index (κ1) is 20.0. The van der Waals surface area contributed by atoms with Crippen LogP contribution in [0.5, 0.6) is 0 Å². The van der Waals surface area contributed by atoms with Crippen LogP contribution in [0.2, 0.25) is 0 Å². The summed E-state index contributed by atoms with van der Waals surface area (Å²) in [5.41, 5.74) is 6.68. The second-order valence-corrected chi connectivity index (χ2v) is 6.65. The quantitative estimate of drug-likeness (QED) is 0.403. The van der Waals surface area contributed by atoms with Gasteiger partial charge in [-0.3, -0.25) is 9.36 Å². The zero-order valence-electron chi connectivity index (χ0n) is 15.8. The Morgan fingerprint density at radius 1 is 1.39 bits per heavy atom. The zero-order chi connectivity index (χ0) is 20.3. The van der Waals surface area contributed by atoms with Crippen molar-refractivity contribution in [3.8, 4) is 11.8 Å². The molecule has 1 aliphatic heterocycles. The monoisotopic (exact) mass is 388 g/mol. The number of aliphatic hydroxyl groups excluding tert-OH is 2. The number of ether oxygens (including phenoxy) is 1. The molecule has 1 aliphatic rings. The molecule has 1 saturated heterocycles. The van der Waals surface area contributed by atoms with Gasteiger partial charge in [0.15, 0.2) is 17.7 Å². The van der Waals surface area contributed by atoms with Crippen LogP contribution in [0.25, 0.3) is 11.2 Å². The number of nitrogens with zero attached hydrogens (tertiary/aromatic N) is 4. The van der Waals surface area contributed by atoms with Gasteiger partial charge >= 0.3 is 0 Å². The lowest BCUT2D eigenvalue weighted by Gasteiger charge is -2.16. The second-order valence-electron chi connectivity index (χ2n) is 6.65. The lowest BCUT2D eigenvalue weighted by molar-refractivity contribution is -0.120. The fourth-order valence-electron chi connectivity index (χ4n) is 2.96. The van der Waals surface area contributed by atoms with Gasteiger partial charge in [-0.05, 0) is 12.3 Å². The van der Waals surface area contributed by atoms with Gasteiger partial charge in [0, 0.05) is 19.9 Å². The lowest BCUT2D eigenvalue weighted by Crippen LogP contribution is -2.39. The summed E-state index contributed by atoms with van der Waals surface area (Å²) < 4.78 is 7.24. The number of aromatic nitrogens is 4. The molecule has 0 radical (unpaired) electrons. The Morgan fingerprint density at radius 2 is 2.18 bits per heavy atom. The normalized spacial score (nSPS) is 24.1. The fourth-order valence-corrected chi connectivity index (χ4v) is 2.96. The molecule has 3 rings (SSSR count). The molecular formula is C18H24N6O4. The van der Waals surface area contributed by atoms with E-state index < -0.39 is 24.5 Å². The number of unbranched alkanes of at least 4 members (excludes halogenated alkanes) is 2. The summed E-state index contributed by atoms with van der Waals surface area (Å²) in [5.74, 6) is 6.06. The molecule has 0 spiro atoms. The number of imidazole rings is 1. The van der Waals surface area contributed by atoms with Crippen LogP contribution in [0.15, 0.2) is 6.33 Å². The van der Waals surface area contributed by atoms with Crippen LogP contribution >= 0.6 is 0 Å². The summed E-state index contributed by atoms with van der Waals surface area (Å²) in [6.07, 6.45) is 0.0704. The number of amides is 1. The standard InChI is InChI=1S/C18H24N6O4/c1-3-4-5-6-7-12-22-16(19)13-17(23-12)24(9-21-13)18-15(27)14(26)11(28-18)8-20-10(2)25/h9,11,14-15,18,26-27H,3-5,8H2,1-2H3,(H,20,25)(H2,19,22,23). The highest BCUT2D eigenvalue weighted by Crippen LogP contribution is 2.31. The molecule has 5 N–H and O–H groups in total. The summed E-state index contributed by atoms with van der Waals surface area (Å²) in [6.45, 7) is 3.52. The largest absolute Gasteiger partial charge is 0.387 e. The zero-order valence-corrected chi connectivity index (χ0v) is 15.8. The third-order valence-electron chi connectivity index (χ3n) is 4.47. The minimum atomic E-state index is -1.23. The number of nitrogen functional groups attached to an aromatic ring is 1. The minimum Gasteiger partial charge on any atom is -0.387 e. The van der Waals surface area contributed by atoms with Crippen molar-refractivity contribution in [3.05, 3.63) is 12.2 Å². The highest BCUT2D eigenvalue weighted by Gasteiger charge is 2.44. The van der Waals surface area contributed by atoms with Gasteiger partial charge in [-0.2, -0.15) is 0 Å². The number of nitrogens with two attached hydrogens (primary N) is 1. The Bertz CT molecular complexity index is 918. The first-order valence-electron chi connectivity index (χ1n) is 9.17. The molecule has 10 heteroatoms. The predicted octanol–water partition coefficient (Wildman–Crippen LogP) is -0.294. The van der Waals surface area contributed by atoms with Crippen molar-refractivity contribution in [1.82, 2.24) is 24.8 Å². The average molecular weight is 388 g/mol. The van der Waals surface area contributed by atoms with E-state index in [0.717, 1.165) is 19.3 Å². The molecule has 1 fully saturated rings. The van der Waals surface area contributed by atoms with Gasteiger partial charge in [0.2, 0.25) is 11.7 Å². The summed E-state index contributed by atoms with van der Waals surface area (Å²) in [6, 6.07) is 0. The van der Waals surface area contributed by atoms with Gasteiger partial charge in [0.1, 0.15) is 23.8 Å². The van der Waals surface area contributed by atoms with E-state index >= 15 is 0 Å². The Balaban J connectivity index is 1.89. The molecule has 2 aromatic heterocycles. The highest BCUT2D eigenvalue weighted by molar-refractivity contribution is 5.82. The first-order chi connectivity index (χ1) is 13.4. The van der Waals surface area contributed by atoms with Crippen molar-refractivity contribution < 1.29 is 19.7 Å². The topological polar surface area (TPSA) is 148 Å². The van der Waals surface area contributed by atoms with E-state index in [-0.39, 0.29) is 24.1 Å². The van der Waals surface area contributed by atoms with Crippen molar-refractivity contribution >= 4 is 22.9 Å². The average Bonchev–Trinajstić information content (AvgIpc) is 3.19. The molecule has 1 amide bonds. The van der Waals surface area contributed by atoms with Crippen LogP contribution in [0.4, 0.5) is 5.82 Å². The van der Waals surface area contributed by atoms with Crippen molar-refractivity contribution in [1.29, 1.82) is 0 Å². The van der Waals surface area contributed by atoms with Crippen molar-refractivity contribution in [2.75, 3.05) is 12.3 Å². The maximum Gasteiger partial charge on any atom is 0.216 e. The van der Waals surface area contributed by atoms with Crippen LogP contribution < -0.4 is 11.1 Å². The number of aliphatic hydroxyl groups is 2. The van der Waals surface area contributed by atoms with Gasteiger partial charge < -0.3 is 26.0 Å². The predicted molar refractivity (Wildman–Crippen MR) is 101 cm³/mol. The Kier molecular flexibility index (Phi) is 6.08. The molecule has 0 bridgehead atoms. The van der Waals surface area contributed by atoms with Gasteiger partial charge in [0.25, 0.3) is 0 Å². The molecule has 150 valence electrons. The van der Waals surface area contributed by atoms with E-state index in [0.29, 0.717) is 11.2 Å². The van der Waals surface area contributed by atoms with Crippen molar-refractivity contribution in [3.63, 3.8) is 0 Å². The number of carbonyl (C=O) groups excluding carboxylic acids is 1. The van der Waals surface area contributed by atoms with E-state index in [1.807, 2.05) is 0 Å². The van der Waals surface area contributed by atoms with E-state index in [4.69, 9.17) is 10.5 Å². The molecule has 4 unspecified atom stereocenters. The smallest absolute Gasteiger partial charge is 0.216 e. The number of anilines is 1. The van der Waals surface area contributed by atoms with Crippen LogP contribution in [-0.2, 0) is 9.53 Å². The fraction of sp³-hybridized carbons (Fsp3) is 0.556. The highest BCUT2D eigenvalue weighted by atomic mass is 16.6. The molecule has 10 nitrogen and oxygen atoms in total. The molecule has 3 heterocycles. The number of carbonyl (C=O) groups is 1. The third kappa shape index (κ3) is 4.06. The van der Waals surface area contributed by atoms with Gasteiger partial charge in [-0.1, -0.05) is 19.3 Å². The maximum atomic E-state index is 11.1. The SMILES string of the molecule is CCCCC#Cc1nc(N)c2ncn(C3OC(CNC(C)=O)C(O)C3O)c2n1. The van der Waals surface area contributed by atoms with E-state index in [1.165, 1.54) is 17.8 Å². The molecule has 2 aromatic rings. The number of rotatable bonds is 5. The van der Waals surface area contributed by atoms with Crippen LogP contribution in [0.3, 0.4) is 0 Å². The van der Waals surface area contributed by atoms with Gasteiger partial charge in [0.05, 0.1) is 6.33 Å². The third-order valence-corrected chi connectivity index (χ3v) is 4.47. The Labute approximate surface area is 162 Å². The van der Waals surface area contributed by atoms with E-state index in [2.05, 4.69) is 39.0 Å². The molecule has 0 aromatic carbocycles.